The number of hydrogen-bond acceptors (Lipinski definition) is 5. The van der Waals surface area contributed by atoms with Crippen molar-refractivity contribution in [1.82, 2.24) is 18.9 Å². The fraction of sp³-hybridized carbons (Fsp3) is 0.0625. The fourth-order valence-corrected chi connectivity index (χ4v) is 5.77. The van der Waals surface area contributed by atoms with E-state index >= 15 is 4.39 Å². The Morgan fingerprint density at radius 1 is 1.46 bits per heavy atom. The van der Waals surface area contributed by atoms with Crippen molar-refractivity contribution in [2.45, 2.75) is 4.90 Å². The molecule has 0 spiro atoms. The van der Waals surface area contributed by atoms with Gasteiger partial charge in [-0.05, 0) is 40.4 Å². The maximum atomic E-state index is 15.1. The highest BCUT2D eigenvalue weighted by Crippen LogP contribution is 2.44. The van der Waals surface area contributed by atoms with E-state index in [1.165, 1.54) is 16.2 Å². The molecule has 12 heteroatoms. The van der Waals surface area contributed by atoms with Crippen molar-refractivity contribution in [1.29, 1.82) is 0 Å². The molecular weight excluding hydrogens is 539 g/mol. The SMILES string of the molecule is CSc1c(F)c(Cl)c(-c2ccc3nc(N)c(C(=O)O)n3c2)c2cnn(PI)c12. The van der Waals surface area contributed by atoms with E-state index in [-0.39, 0.29) is 22.9 Å². The molecule has 3 aromatic heterocycles. The number of nitrogens with zero attached hydrogens (tertiary/aromatic N) is 4. The summed E-state index contributed by atoms with van der Waals surface area (Å²) in [5, 5.41) is 14.4. The molecule has 0 aliphatic rings. The molecule has 1 aromatic carbocycles. The van der Waals surface area contributed by atoms with Gasteiger partial charge >= 0.3 is 5.97 Å². The lowest BCUT2D eigenvalue weighted by Gasteiger charge is -2.13. The van der Waals surface area contributed by atoms with Crippen molar-refractivity contribution in [3.05, 3.63) is 41.1 Å². The molecule has 0 fully saturated rings. The summed E-state index contributed by atoms with van der Waals surface area (Å²) in [4.78, 5) is 16.0. The number of anilines is 1. The van der Waals surface area contributed by atoms with Crippen LogP contribution in [0, 0.1) is 5.82 Å². The molecule has 7 nitrogen and oxygen atoms in total. The van der Waals surface area contributed by atoms with Gasteiger partial charge in [-0.25, -0.2) is 18.6 Å². The van der Waals surface area contributed by atoms with Gasteiger partial charge in [0.2, 0.25) is 0 Å². The maximum Gasteiger partial charge on any atom is 0.356 e. The summed E-state index contributed by atoms with van der Waals surface area (Å²) in [5.74, 6) is -1.83. The Labute approximate surface area is 181 Å². The molecule has 0 bridgehead atoms. The Balaban J connectivity index is 2.10. The van der Waals surface area contributed by atoms with Gasteiger partial charge in [-0.15, -0.1) is 11.8 Å². The first-order chi connectivity index (χ1) is 13.4. The van der Waals surface area contributed by atoms with Crippen molar-refractivity contribution in [3.63, 3.8) is 0 Å². The average molecular weight is 550 g/mol. The minimum atomic E-state index is -1.21. The van der Waals surface area contributed by atoms with Crippen LogP contribution in [0.1, 0.15) is 10.5 Å². The van der Waals surface area contributed by atoms with Crippen molar-refractivity contribution in [3.8, 4) is 11.1 Å². The number of imidazole rings is 1. The first-order valence-corrected chi connectivity index (χ1v) is 13.4. The summed E-state index contributed by atoms with van der Waals surface area (Å²) < 4.78 is 18.2. The Morgan fingerprint density at radius 3 is 2.86 bits per heavy atom. The predicted octanol–water partition coefficient (Wildman–Crippen LogP) is 4.94. The van der Waals surface area contributed by atoms with Gasteiger partial charge in [-0.2, -0.15) is 5.10 Å². The number of rotatable bonds is 4. The second-order valence-electron chi connectivity index (χ2n) is 5.74. The number of aromatic nitrogens is 4. The highest BCUT2D eigenvalue weighted by atomic mass is 127. The zero-order valence-corrected chi connectivity index (χ0v) is 18.8. The minimum absolute atomic E-state index is 0.0440. The Kier molecular flexibility index (Phi) is 5.15. The van der Waals surface area contributed by atoms with E-state index in [4.69, 9.17) is 17.3 Å². The zero-order valence-electron chi connectivity index (χ0n) is 14.1. The number of halogens is 3. The standard InChI is InChI=1S/C16H11ClFIN5O2PS/c1-28-14-11(18)10(17)9(7-4-21-24(27-19)12(7)14)6-2-3-8-22-15(20)13(16(25)26)23(8)5-6/h2-5,27H,20H2,1H3,(H,25,26). The molecule has 28 heavy (non-hydrogen) atoms. The molecule has 1 atom stereocenters. The van der Waals surface area contributed by atoms with E-state index in [2.05, 4.69) is 32.1 Å². The van der Waals surface area contributed by atoms with Gasteiger partial charge in [0.1, 0.15) is 5.65 Å². The number of fused-ring (bicyclic) bond motifs is 2. The Hall–Kier alpha value is -1.62. The summed E-state index contributed by atoms with van der Waals surface area (Å²) in [6.45, 7) is 0. The minimum Gasteiger partial charge on any atom is -0.476 e. The second kappa shape index (κ2) is 7.33. The summed E-state index contributed by atoms with van der Waals surface area (Å²) in [5.41, 5.74) is 7.58. The molecule has 0 amide bonds. The summed E-state index contributed by atoms with van der Waals surface area (Å²) in [6.07, 6.45) is 5.25. The molecule has 0 aliphatic heterocycles. The summed E-state index contributed by atoms with van der Waals surface area (Å²) in [7, 11) is 0. The van der Waals surface area contributed by atoms with Crippen molar-refractivity contribution in [2.75, 3.05) is 12.0 Å². The van der Waals surface area contributed by atoms with E-state index in [0.29, 0.717) is 32.6 Å². The third-order valence-corrected chi connectivity index (χ3v) is 7.29. The van der Waals surface area contributed by atoms with Crippen molar-refractivity contribution < 1.29 is 14.3 Å². The van der Waals surface area contributed by atoms with Crippen LogP contribution in [-0.4, -0.2) is 36.3 Å². The van der Waals surface area contributed by atoms with Crippen LogP contribution in [0.3, 0.4) is 0 Å². The largest absolute Gasteiger partial charge is 0.476 e. The molecule has 144 valence electrons. The van der Waals surface area contributed by atoms with Crippen molar-refractivity contribution >= 4 is 80.1 Å². The lowest BCUT2D eigenvalue weighted by atomic mass is 10.0. The Morgan fingerprint density at radius 2 is 2.21 bits per heavy atom. The van der Waals surface area contributed by atoms with Crippen LogP contribution in [0.25, 0.3) is 27.7 Å². The van der Waals surface area contributed by atoms with Gasteiger partial charge < -0.3 is 10.8 Å². The van der Waals surface area contributed by atoms with Gasteiger partial charge in [-0.1, -0.05) is 11.6 Å². The van der Waals surface area contributed by atoms with Crippen LogP contribution in [-0.2, 0) is 0 Å². The number of nitrogens with two attached hydrogens (primary N) is 1. The molecule has 3 heterocycles. The number of carboxylic acids is 1. The monoisotopic (exact) mass is 549 g/mol. The first kappa shape index (κ1) is 19.7. The number of carbonyl (C=O) groups is 1. The van der Waals surface area contributed by atoms with Crippen molar-refractivity contribution in [2.24, 2.45) is 0 Å². The van der Waals surface area contributed by atoms with Gasteiger partial charge in [-0.3, -0.25) is 4.40 Å². The van der Waals surface area contributed by atoms with Gasteiger partial charge in [0.05, 0.1) is 28.0 Å². The third kappa shape index (κ3) is 2.85. The maximum absolute atomic E-state index is 15.1. The highest BCUT2D eigenvalue weighted by molar-refractivity contribution is 14.2. The molecule has 1 unspecified atom stereocenters. The number of thioether (sulfide) groups is 1. The number of nitrogen functional groups attached to an aromatic ring is 1. The van der Waals surface area contributed by atoms with Gasteiger partial charge in [0.15, 0.2) is 17.3 Å². The summed E-state index contributed by atoms with van der Waals surface area (Å²) >= 11 is 9.85. The van der Waals surface area contributed by atoms with Crippen LogP contribution in [0.15, 0.2) is 29.4 Å². The fourth-order valence-electron chi connectivity index (χ4n) is 3.14. The lowest BCUT2D eigenvalue weighted by Crippen LogP contribution is -2.05. The molecule has 0 radical (unpaired) electrons. The number of hydrogen-bond donors (Lipinski definition) is 2. The summed E-state index contributed by atoms with van der Waals surface area (Å²) in [6, 6.07) is 3.32. The van der Waals surface area contributed by atoms with E-state index in [1.54, 1.807) is 35.2 Å². The smallest absolute Gasteiger partial charge is 0.356 e. The van der Waals surface area contributed by atoms with Gasteiger partial charge in [0.25, 0.3) is 0 Å². The topological polar surface area (TPSA) is 98.4 Å². The lowest BCUT2D eigenvalue weighted by molar-refractivity contribution is 0.0690. The predicted molar refractivity (Wildman–Crippen MR) is 120 cm³/mol. The number of aromatic carboxylic acids is 1. The molecule has 0 saturated carbocycles. The zero-order chi connectivity index (χ0) is 20.2. The number of benzene rings is 1. The van der Waals surface area contributed by atoms with E-state index < -0.39 is 11.8 Å². The molecular formula is C16H11ClFIN5O2PS. The number of pyridine rings is 1. The van der Waals surface area contributed by atoms with Crippen LogP contribution in [0.2, 0.25) is 5.02 Å². The van der Waals surface area contributed by atoms with E-state index in [9.17, 15) is 9.90 Å². The van der Waals surface area contributed by atoms with Gasteiger partial charge in [0, 0.05) is 22.7 Å². The Bertz CT molecular complexity index is 1280. The number of carboxylic acid groups (broad SMARTS) is 1. The quantitative estimate of drug-likeness (QED) is 0.213. The molecule has 0 aliphatic carbocycles. The highest BCUT2D eigenvalue weighted by Gasteiger charge is 2.24. The van der Waals surface area contributed by atoms with Crippen LogP contribution >= 0.6 is 51.8 Å². The molecule has 4 aromatic rings. The third-order valence-electron chi connectivity index (χ3n) is 4.29. The first-order valence-electron chi connectivity index (χ1n) is 7.69. The van der Waals surface area contributed by atoms with Crippen LogP contribution in [0.5, 0.6) is 0 Å². The van der Waals surface area contributed by atoms with E-state index in [1.807, 2.05) is 0 Å². The van der Waals surface area contributed by atoms with Crippen LogP contribution in [0.4, 0.5) is 10.2 Å². The molecule has 3 N–H and O–H groups in total. The normalized spacial score (nSPS) is 12.0. The van der Waals surface area contributed by atoms with E-state index in [0.717, 1.165) is 0 Å². The second-order valence-corrected chi connectivity index (χ2v) is 8.97. The average Bonchev–Trinajstić information content (AvgIpc) is 3.22. The molecule has 0 saturated heterocycles. The van der Waals surface area contributed by atoms with Crippen LogP contribution < -0.4 is 5.73 Å². The molecule has 4 rings (SSSR count).